The van der Waals surface area contributed by atoms with Crippen molar-refractivity contribution >= 4 is 69.5 Å². The quantitative estimate of drug-likeness (QED) is 0.0811. The van der Waals surface area contributed by atoms with Gasteiger partial charge in [-0.15, -0.1) is 0 Å². The molecule has 5 fully saturated rings. The zero-order valence-corrected chi connectivity index (χ0v) is 40.9. The van der Waals surface area contributed by atoms with Crippen LogP contribution in [0.5, 0.6) is 0 Å². The maximum atomic E-state index is 16.4. The van der Waals surface area contributed by atoms with Gasteiger partial charge in [-0.1, -0.05) is 66.7 Å². The molecule has 5 heterocycles. The Morgan fingerprint density at radius 3 is 2.44 bits per heavy atom. The molecule has 4 amide bonds. The summed E-state index contributed by atoms with van der Waals surface area (Å²) in [7, 11) is 1.68. The molecule has 372 valence electrons. The smallest absolute Gasteiger partial charge is 0.329 e. The number of piperazine rings is 1. The van der Waals surface area contributed by atoms with Gasteiger partial charge in [-0.05, 0) is 124 Å². The third-order valence-corrected chi connectivity index (χ3v) is 17.2. The van der Waals surface area contributed by atoms with Crippen LogP contribution in [0.1, 0.15) is 112 Å². The molecule has 10 rings (SSSR count). The molecule has 3 aromatic carbocycles. The van der Waals surface area contributed by atoms with Crippen LogP contribution in [0.15, 0.2) is 59.4 Å². The van der Waals surface area contributed by atoms with Crippen LogP contribution < -0.4 is 27.0 Å². The Bertz CT molecular complexity index is 2800. The highest BCUT2D eigenvalue weighted by Crippen LogP contribution is 2.63. The van der Waals surface area contributed by atoms with Crippen molar-refractivity contribution < 1.29 is 33.5 Å². The number of anilines is 1. The number of benzene rings is 3. The lowest BCUT2D eigenvalue weighted by atomic mass is 9.55. The number of carbonyl (C=O) groups excluding carboxylic acids is 4. The van der Waals surface area contributed by atoms with E-state index >= 15 is 4.39 Å². The molecule has 4 aromatic rings. The molecule has 1 aromatic heterocycles. The van der Waals surface area contributed by atoms with Crippen LogP contribution in [0.2, 0.25) is 10.0 Å². The van der Waals surface area contributed by atoms with Gasteiger partial charge in [-0.3, -0.25) is 53.5 Å². The van der Waals surface area contributed by atoms with Crippen molar-refractivity contribution in [2.45, 2.75) is 131 Å². The molecule has 70 heavy (non-hydrogen) atoms. The first-order valence-corrected chi connectivity index (χ1v) is 25.8. The minimum atomic E-state index is -1.30. The van der Waals surface area contributed by atoms with E-state index in [4.69, 9.17) is 23.2 Å². The maximum Gasteiger partial charge on any atom is 0.329 e. The number of aryl methyl sites for hydroxylation is 2. The first kappa shape index (κ1) is 48.5. The summed E-state index contributed by atoms with van der Waals surface area (Å²) in [5.41, 5.74) is 1.51. The third kappa shape index (κ3) is 8.54. The first-order valence-electron chi connectivity index (χ1n) is 25.1. The molecule has 2 spiro atoms. The average Bonchev–Trinajstić information content (AvgIpc) is 3.89. The first-order chi connectivity index (χ1) is 33.7. The van der Waals surface area contributed by atoms with E-state index in [0.717, 1.165) is 82.9 Å². The summed E-state index contributed by atoms with van der Waals surface area (Å²) in [6.07, 6.45) is 10.0. The summed E-state index contributed by atoms with van der Waals surface area (Å²) in [5.74, 6) is -3.36. The van der Waals surface area contributed by atoms with Gasteiger partial charge >= 0.3 is 11.7 Å². The number of nitrogens with one attached hydrogen (secondary N) is 4. The summed E-state index contributed by atoms with van der Waals surface area (Å²) in [4.78, 5) is 84.0. The summed E-state index contributed by atoms with van der Waals surface area (Å²) in [6.45, 7) is 3.26. The molecule has 2 aliphatic carbocycles. The standard InChI is InChI=1S/C52H61Cl2FN8O7/c1-60-40-26-30(13-18-38(40)63(50(60)70)39-19-20-42(64)58-46(39)65)8-3-6-23-62-25-24-61(29-41(62)48(67)68)28-31-11-15-33(16-12-31)56-47(66)45-43(34-9-7-10-36(54)44(34)55)52(51(59-45)21-4-2-5-22-51)35-17-14-32(53)27-37(35)57-49(52)69/h7,9-10,13-14,17-18,26-27,31,33,39,41,43,45,59H,2-6,8,11-12,15-16,19-25,28-29H2,1H3,(H,56,66)(H,57,69)(H,67,68)(H,58,64,65)/t31?,33?,39?,41-,43-,45+,52+/m0/s1. The fourth-order valence-electron chi connectivity index (χ4n) is 13.3. The number of aliphatic carboxylic acids is 1. The molecular weight excluding hydrogens is 939 g/mol. The number of carbonyl (C=O) groups is 5. The Labute approximate surface area is 415 Å². The molecule has 1 unspecified atom stereocenters. The number of nitrogens with zero attached hydrogens (tertiary/aromatic N) is 4. The van der Waals surface area contributed by atoms with Crippen LogP contribution in [-0.4, -0.2) is 110 Å². The van der Waals surface area contributed by atoms with Crippen LogP contribution in [-0.2, 0) is 42.9 Å². The van der Waals surface area contributed by atoms with Crippen LogP contribution in [0.3, 0.4) is 0 Å². The summed E-state index contributed by atoms with van der Waals surface area (Å²) < 4.78 is 19.4. The van der Waals surface area contributed by atoms with Gasteiger partial charge in [-0.2, -0.15) is 0 Å². The second-order valence-electron chi connectivity index (χ2n) is 20.7. The molecule has 5 N–H and O–H groups in total. The van der Waals surface area contributed by atoms with Crippen molar-refractivity contribution in [3.05, 3.63) is 97.6 Å². The largest absolute Gasteiger partial charge is 0.480 e. The van der Waals surface area contributed by atoms with Gasteiger partial charge in [-0.25, -0.2) is 9.18 Å². The number of aromatic nitrogens is 2. The van der Waals surface area contributed by atoms with Gasteiger partial charge in [0.25, 0.3) is 0 Å². The van der Waals surface area contributed by atoms with Gasteiger partial charge in [0.15, 0.2) is 0 Å². The van der Waals surface area contributed by atoms with Gasteiger partial charge in [0.05, 0.1) is 22.1 Å². The zero-order chi connectivity index (χ0) is 49.1. The molecule has 18 heteroatoms. The molecule has 15 nitrogen and oxygen atoms in total. The number of piperidine rings is 1. The monoisotopic (exact) mass is 998 g/mol. The Morgan fingerprint density at radius 2 is 1.69 bits per heavy atom. The number of carboxylic acid groups (broad SMARTS) is 1. The molecule has 5 atom stereocenters. The number of hydrogen-bond acceptors (Lipinski definition) is 9. The number of unbranched alkanes of at least 4 members (excludes halogenated alkanes) is 1. The molecule has 0 radical (unpaired) electrons. The second-order valence-corrected chi connectivity index (χ2v) is 21.5. The number of amides is 4. The summed E-state index contributed by atoms with van der Waals surface area (Å²) in [6, 6.07) is 13.6. The Kier molecular flexibility index (Phi) is 13.5. The molecule has 2 saturated carbocycles. The van der Waals surface area contributed by atoms with Crippen molar-refractivity contribution in [2.75, 3.05) is 38.0 Å². The number of imide groups is 1. The molecule has 6 aliphatic rings. The highest BCUT2D eigenvalue weighted by Gasteiger charge is 2.72. The lowest BCUT2D eigenvalue weighted by molar-refractivity contribution is -0.146. The number of hydrogen-bond donors (Lipinski definition) is 5. The average molecular weight is 1000 g/mol. The van der Waals surface area contributed by atoms with E-state index in [0.29, 0.717) is 65.7 Å². The van der Waals surface area contributed by atoms with Crippen LogP contribution in [0, 0.1) is 11.7 Å². The molecule has 3 saturated heterocycles. The fourth-order valence-corrected chi connectivity index (χ4v) is 13.7. The predicted molar refractivity (Wildman–Crippen MR) is 264 cm³/mol. The SMILES string of the molecule is Cn1c(=O)n(C2CCC(=O)NC2=O)c2ccc(CCCCN3CCN(CC4CCC(NC(=O)[C@@H]5NC6(CCCCC6)[C@@]6(C(=O)Nc7cc(Cl)ccc76)[C@H]5c5cccc(Cl)c5F)CC4)C[C@H]3C(=O)O)cc21. The Balaban J connectivity index is 0.747. The minimum Gasteiger partial charge on any atom is -0.480 e. The molecular formula is C52H61Cl2FN8O7. The lowest BCUT2D eigenvalue weighted by Gasteiger charge is -2.47. The third-order valence-electron chi connectivity index (χ3n) is 16.7. The van der Waals surface area contributed by atoms with Crippen LogP contribution in [0.25, 0.3) is 11.0 Å². The van der Waals surface area contributed by atoms with E-state index in [9.17, 15) is 33.9 Å². The molecule has 0 bridgehead atoms. The van der Waals surface area contributed by atoms with E-state index < -0.39 is 52.7 Å². The number of carboxylic acids is 1. The van der Waals surface area contributed by atoms with Gasteiger partial charge in [0.2, 0.25) is 23.6 Å². The van der Waals surface area contributed by atoms with Crippen molar-refractivity contribution in [1.29, 1.82) is 0 Å². The normalized spacial score (nSPS) is 28.0. The minimum absolute atomic E-state index is 0.0680. The zero-order valence-electron chi connectivity index (χ0n) is 39.4. The number of imidazole rings is 1. The number of fused-ring (bicyclic) bond motifs is 4. The number of rotatable bonds is 12. The van der Waals surface area contributed by atoms with Gasteiger partial charge in [0, 0.05) is 67.9 Å². The van der Waals surface area contributed by atoms with Crippen LogP contribution in [0.4, 0.5) is 10.1 Å². The van der Waals surface area contributed by atoms with Crippen molar-refractivity contribution in [3.8, 4) is 0 Å². The highest BCUT2D eigenvalue weighted by atomic mass is 35.5. The fraction of sp³-hybridized carbons (Fsp3) is 0.538. The van der Waals surface area contributed by atoms with Crippen LogP contribution >= 0.6 is 23.2 Å². The summed E-state index contributed by atoms with van der Waals surface area (Å²) in [5, 5.41) is 23.3. The van der Waals surface area contributed by atoms with E-state index in [1.165, 1.54) is 15.2 Å². The molecule has 4 aliphatic heterocycles. The summed E-state index contributed by atoms with van der Waals surface area (Å²) >= 11 is 12.9. The van der Waals surface area contributed by atoms with Gasteiger partial charge in [0.1, 0.15) is 23.3 Å². The lowest BCUT2D eigenvalue weighted by Crippen LogP contribution is -2.60. The number of halogens is 3. The van der Waals surface area contributed by atoms with E-state index in [1.54, 1.807) is 31.3 Å². The van der Waals surface area contributed by atoms with E-state index in [1.807, 2.05) is 24.3 Å². The predicted octanol–water partition coefficient (Wildman–Crippen LogP) is 6.18. The van der Waals surface area contributed by atoms with Gasteiger partial charge < -0.3 is 15.7 Å². The Morgan fingerprint density at radius 1 is 0.900 bits per heavy atom. The van der Waals surface area contributed by atoms with E-state index in [2.05, 4.69) is 31.1 Å². The van der Waals surface area contributed by atoms with Crippen molar-refractivity contribution in [2.24, 2.45) is 13.0 Å². The Hall–Kier alpha value is -5.13. The second kappa shape index (κ2) is 19.5. The van der Waals surface area contributed by atoms with E-state index in [-0.39, 0.29) is 52.9 Å². The van der Waals surface area contributed by atoms with Crippen molar-refractivity contribution in [1.82, 2.24) is 34.9 Å². The topological polar surface area (TPSA) is 187 Å². The highest BCUT2D eigenvalue weighted by molar-refractivity contribution is 6.31. The maximum absolute atomic E-state index is 16.4. The van der Waals surface area contributed by atoms with Crippen molar-refractivity contribution in [3.63, 3.8) is 0 Å².